The van der Waals surface area contributed by atoms with Crippen molar-refractivity contribution in [1.29, 1.82) is 0 Å². The first-order valence-corrected chi connectivity index (χ1v) is 6.94. The van der Waals surface area contributed by atoms with Gasteiger partial charge in [-0.15, -0.1) is 0 Å². The maximum Gasteiger partial charge on any atom is 0.315 e. The summed E-state index contributed by atoms with van der Waals surface area (Å²) < 4.78 is 19.9. The van der Waals surface area contributed by atoms with Crippen molar-refractivity contribution in [3.05, 3.63) is 48.0 Å². The number of ether oxygens (including phenoxy) is 1. The van der Waals surface area contributed by atoms with E-state index in [-0.39, 0.29) is 17.9 Å². The number of aryl methyl sites for hydroxylation is 1. The highest BCUT2D eigenvalue weighted by molar-refractivity contribution is 5.74. The average Bonchev–Trinajstić information content (AvgIpc) is 2.90. The molecular weight excluding hydrogens is 287 g/mol. The molecule has 1 heterocycles. The van der Waals surface area contributed by atoms with Crippen molar-refractivity contribution in [2.24, 2.45) is 7.05 Å². The summed E-state index contributed by atoms with van der Waals surface area (Å²) in [6.07, 6.45) is 1.67. The molecule has 2 aromatic rings. The Morgan fingerprint density at radius 1 is 1.36 bits per heavy atom. The molecule has 2 N–H and O–H groups in total. The van der Waals surface area contributed by atoms with Crippen LogP contribution in [0.4, 0.5) is 9.18 Å². The smallest absolute Gasteiger partial charge is 0.315 e. The van der Waals surface area contributed by atoms with E-state index in [9.17, 15) is 9.18 Å². The molecule has 0 aliphatic carbocycles. The predicted molar refractivity (Wildman–Crippen MR) is 79.9 cm³/mol. The van der Waals surface area contributed by atoms with E-state index in [4.69, 9.17) is 4.74 Å². The van der Waals surface area contributed by atoms with Gasteiger partial charge in [-0.05, 0) is 37.3 Å². The summed E-state index contributed by atoms with van der Waals surface area (Å²) in [7, 11) is 1.81. The largest absolute Gasteiger partial charge is 0.491 e. The molecule has 0 aliphatic heterocycles. The molecule has 0 saturated heterocycles. The van der Waals surface area contributed by atoms with Gasteiger partial charge in [-0.25, -0.2) is 9.18 Å². The van der Waals surface area contributed by atoms with E-state index in [1.807, 2.05) is 20.0 Å². The second-order valence-electron chi connectivity index (χ2n) is 4.94. The highest BCUT2D eigenvalue weighted by atomic mass is 19.1. The average molecular weight is 306 g/mol. The Labute approximate surface area is 128 Å². The summed E-state index contributed by atoms with van der Waals surface area (Å²) in [5.41, 5.74) is 0.908. The van der Waals surface area contributed by atoms with E-state index >= 15 is 0 Å². The monoisotopic (exact) mass is 306 g/mol. The molecule has 0 spiro atoms. The highest BCUT2D eigenvalue weighted by Gasteiger charge is 2.08. The van der Waals surface area contributed by atoms with Gasteiger partial charge >= 0.3 is 6.03 Å². The molecule has 1 unspecified atom stereocenters. The molecule has 0 fully saturated rings. The fraction of sp³-hybridized carbons (Fsp3) is 0.333. The van der Waals surface area contributed by atoms with E-state index in [1.54, 1.807) is 23.0 Å². The molecule has 2 rings (SSSR count). The molecule has 0 aliphatic rings. The number of hydrogen-bond acceptors (Lipinski definition) is 3. The molecule has 6 nitrogen and oxygen atoms in total. The number of urea groups is 1. The third kappa shape index (κ3) is 4.76. The Balaban J connectivity index is 1.69. The molecule has 7 heteroatoms. The molecule has 118 valence electrons. The number of amides is 2. The molecule has 1 aromatic carbocycles. The van der Waals surface area contributed by atoms with Gasteiger partial charge in [0.2, 0.25) is 0 Å². The van der Waals surface area contributed by atoms with Gasteiger partial charge in [-0.1, -0.05) is 0 Å². The van der Waals surface area contributed by atoms with Crippen molar-refractivity contribution in [2.75, 3.05) is 6.61 Å². The SMILES string of the molecule is CC(COc1ccc(F)cc1)NC(=O)NCc1ccnn1C. The van der Waals surface area contributed by atoms with Crippen LogP contribution in [0.15, 0.2) is 36.5 Å². The van der Waals surface area contributed by atoms with Crippen LogP contribution in [0.25, 0.3) is 0 Å². The first-order chi connectivity index (χ1) is 10.5. The summed E-state index contributed by atoms with van der Waals surface area (Å²) in [6, 6.07) is 7.12. The van der Waals surface area contributed by atoms with Crippen LogP contribution >= 0.6 is 0 Å². The number of hydrogen-bond donors (Lipinski definition) is 2. The number of nitrogens with one attached hydrogen (secondary N) is 2. The molecule has 22 heavy (non-hydrogen) atoms. The van der Waals surface area contributed by atoms with Gasteiger partial charge in [-0.2, -0.15) is 5.10 Å². The number of carbonyl (C=O) groups excluding carboxylic acids is 1. The Kier molecular flexibility index (Phi) is 5.35. The Morgan fingerprint density at radius 3 is 2.73 bits per heavy atom. The lowest BCUT2D eigenvalue weighted by molar-refractivity contribution is 0.226. The minimum absolute atomic E-state index is 0.184. The van der Waals surface area contributed by atoms with Crippen LogP contribution in [-0.4, -0.2) is 28.5 Å². The quantitative estimate of drug-likeness (QED) is 0.855. The van der Waals surface area contributed by atoms with Gasteiger partial charge in [0, 0.05) is 13.2 Å². The normalized spacial score (nSPS) is 11.8. The Morgan fingerprint density at radius 2 is 2.09 bits per heavy atom. The third-order valence-electron chi connectivity index (χ3n) is 3.04. The zero-order chi connectivity index (χ0) is 15.9. The number of benzene rings is 1. The molecule has 1 atom stereocenters. The van der Waals surface area contributed by atoms with Crippen LogP contribution in [0.3, 0.4) is 0 Å². The number of halogens is 1. The van der Waals surface area contributed by atoms with E-state index < -0.39 is 0 Å². The van der Waals surface area contributed by atoms with Crippen LogP contribution in [0.1, 0.15) is 12.6 Å². The lowest BCUT2D eigenvalue weighted by Crippen LogP contribution is -2.43. The summed E-state index contributed by atoms with van der Waals surface area (Å²) in [5.74, 6) is 0.249. The molecule has 2 amide bonds. The molecule has 0 bridgehead atoms. The minimum atomic E-state index is -0.312. The lowest BCUT2D eigenvalue weighted by Gasteiger charge is -2.15. The number of carbonyl (C=O) groups is 1. The highest BCUT2D eigenvalue weighted by Crippen LogP contribution is 2.11. The molecule has 0 radical (unpaired) electrons. The summed E-state index contributed by atoms with van der Waals surface area (Å²) >= 11 is 0. The third-order valence-corrected chi connectivity index (χ3v) is 3.04. The van der Waals surface area contributed by atoms with E-state index in [1.165, 1.54) is 12.1 Å². The van der Waals surface area contributed by atoms with Crippen LogP contribution < -0.4 is 15.4 Å². The van der Waals surface area contributed by atoms with Gasteiger partial charge < -0.3 is 15.4 Å². The predicted octanol–water partition coefficient (Wildman–Crippen LogP) is 1.83. The van der Waals surface area contributed by atoms with Crippen LogP contribution in [0, 0.1) is 5.82 Å². The maximum atomic E-state index is 12.8. The van der Waals surface area contributed by atoms with Crippen molar-refractivity contribution >= 4 is 6.03 Å². The zero-order valence-corrected chi connectivity index (χ0v) is 12.5. The second kappa shape index (κ2) is 7.44. The fourth-order valence-corrected chi connectivity index (χ4v) is 1.81. The minimum Gasteiger partial charge on any atom is -0.491 e. The maximum absolute atomic E-state index is 12.8. The standard InChI is InChI=1S/C15H19FN4O2/c1-11(10-22-14-5-3-12(16)4-6-14)19-15(21)17-9-13-7-8-18-20(13)2/h3-8,11H,9-10H2,1-2H3,(H2,17,19,21). The topological polar surface area (TPSA) is 68.2 Å². The van der Waals surface area contributed by atoms with E-state index in [0.29, 0.717) is 18.9 Å². The number of nitrogens with zero attached hydrogens (tertiary/aromatic N) is 2. The van der Waals surface area contributed by atoms with Gasteiger partial charge in [0.05, 0.1) is 18.3 Å². The lowest BCUT2D eigenvalue weighted by atomic mass is 10.3. The number of rotatable bonds is 6. The summed E-state index contributed by atoms with van der Waals surface area (Å²) in [6.45, 7) is 2.52. The van der Waals surface area contributed by atoms with Gasteiger partial charge in [0.15, 0.2) is 0 Å². The van der Waals surface area contributed by atoms with Crippen LogP contribution in [-0.2, 0) is 13.6 Å². The van der Waals surface area contributed by atoms with Crippen molar-refractivity contribution in [3.8, 4) is 5.75 Å². The van der Waals surface area contributed by atoms with Gasteiger partial charge in [0.25, 0.3) is 0 Å². The first kappa shape index (κ1) is 15.8. The van der Waals surface area contributed by atoms with Crippen molar-refractivity contribution in [2.45, 2.75) is 19.5 Å². The van der Waals surface area contributed by atoms with Gasteiger partial charge in [0.1, 0.15) is 18.2 Å². The number of aromatic nitrogens is 2. The Hall–Kier alpha value is -2.57. The van der Waals surface area contributed by atoms with Gasteiger partial charge in [-0.3, -0.25) is 4.68 Å². The molecular formula is C15H19FN4O2. The second-order valence-corrected chi connectivity index (χ2v) is 4.94. The first-order valence-electron chi connectivity index (χ1n) is 6.94. The zero-order valence-electron chi connectivity index (χ0n) is 12.5. The van der Waals surface area contributed by atoms with Crippen LogP contribution in [0.2, 0.25) is 0 Å². The molecule has 0 saturated carbocycles. The van der Waals surface area contributed by atoms with Crippen molar-refractivity contribution in [1.82, 2.24) is 20.4 Å². The van der Waals surface area contributed by atoms with Crippen molar-refractivity contribution < 1.29 is 13.9 Å². The summed E-state index contributed by atoms with van der Waals surface area (Å²) in [5, 5.41) is 9.53. The fourth-order valence-electron chi connectivity index (χ4n) is 1.81. The van der Waals surface area contributed by atoms with Crippen molar-refractivity contribution in [3.63, 3.8) is 0 Å². The molecule has 1 aromatic heterocycles. The Bertz CT molecular complexity index is 612. The van der Waals surface area contributed by atoms with Crippen LogP contribution in [0.5, 0.6) is 5.75 Å². The summed E-state index contributed by atoms with van der Waals surface area (Å²) in [4.78, 5) is 11.8. The van der Waals surface area contributed by atoms with E-state index in [2.05, 4.69) is 15.7 Å². The van der Waals surface area contributed by atoms with E-state index in [0.717, 1.165) is 5.69 Å².